The number of hydrogen-bond acceptors (Lipinski definition) is 14. The lowest BCUT2D eigenvalue weighted by Gasteiger charge is -2.65. The van der Waals surface area contributed by atoms with E-state index in [1.165, 1.54) is 7.11 Å². The van der Waals surface area contributed by atoms with Crippen molar-refractivity contribution in [3.63, 3.8) is 0 Å². The average molecular weight is 711 g/mol. The van der Waals surface area contributed by atoms with Gasteiger partial charge in [0.25, 0.3) is 0 Å². The molecule has 0 aromatic rings. The highest BCUT2D eigenvalue weighted by atomic mass is 16.7. The van der Waals surface area contributed by atoms with Gasteiger partial charge in [-0.1, -0.05) is 6.92 Å². The Kier molecular flexibility index (Phi) is 9.84. The maximum absolute atomic E-state index is 13.2. The fourth-order valence-electron chi connectivity index (χ4n) is 11.5. The van der Waals surface area contributed by atoms with Gasteiger partial charge < -0.3 is 63.9 Å². The highest BCUT2D eigenvalue weighted by molar-refractivity contribution is 5.85. The summed E-state index contributed by atoms with van der Waals surface area (Å²) in [4.78, 5) is 25.1. The van der Waals surface area contributed by atoms with Crippen LogP contribution in [0.4, 0.5) is 0 Å². The minimum Gasteiger partial charge on any atom is -0.458 e. The Labute approximate surface area is 292 Å². The number of cyclic esters (lactones) is 1. The molecule has 0 aromatic carbocycles. The van der Waals surface area contributed by atoms with Crippen LogP contribution in [0, 0.1) is 28.6 Å². The van der Waals surface area contributed by atoms with E-state index in [-0.39, 0.29) is 43.2 Å². The summed E-state index contributed by atoms with van der Waals surface area (Å²) in [6, 6.07) is 0. The number of aliphatic hydroxyl groups excluding tert-OH is 4. The lowest BCUT2D eigenvalue weighted by atomic mass is 9.41. The maximum Gasteiger partial charge on any atom is 0.331 e. The Morgan fingerprint density at radius 3 is 2.40 bits per heavy atom. The van der Waals surface area contributed by atoms with E-state index in [4.69, 9.17) is 28.4 Å². The van der Waals surface area contributed by atoms with Crippen molar-refractivity contribution in [3.8, 4) is 0 Å². The number of carbonyl (C=O) groups is 2. The molecule has 6 N–H and O–H groups in total. The maximum atomic E-state index is 13.2. The molecule has 0 unspecified atom stereocenters. The zero-order chi connectivity index (χ0) is 35.8. The summed E-state index contributed by atoms with van der Waals surface area (Å²) in [5.74, 6) is -0.635. The molecule has 3 heterocycles. The van der Waals surface area contributed by atoms with Crippen LogP contribution in [0.25, 0.3) is 0 Å². The van der Waals surface area contributed by atoms with Gasteiger partial charge >= 0.3 is 5.97 Å². The molecule has 7 rings (SSSR count). The van der Waals surface area contributed by atoms with E-state index in [1.54, 1.807) is 13.0 Å². The first kappa shape index (κ1) is 36.8. The van der Waals surface area contributed by atoms with Crippen LogP contribution in [-0.4, -0.2) is 136 Å². The first-order chi connectivity index (χ1) is 23.7. The number of fused-ring (bicyclic) bond motifs is 5. The summed E-state index contributed by atoms with van der Waals surface area (Å²) in [5.41, 5.74) is -2.86. The number of aldehydes is 1. The van der Waals surface area contributed by atoms with Gasteiger partial charge in [0.15, 0.2) is 12.6 Å². The van der Waals surface area contributed by atoms with Gasteiger partial charge in [-0.15, -0.1) is 0 Å². The second-order valence-electron chi connectivity index (χ2n) is 16.3. The molecule has 282 valence electrons. The topological polar surface area (TPSA) is 211 Å². The molecule has 7 aliphatic rings. The van der Waals surface area contributed by atoms with E-state index in [9.17, 15) is 40.2 Å². The smallest absolute Gasteiger partial charge is 0.331 e. The van der Waals surface area contributed by atoms with E-state index < -0.39 is 90.1 Å². The Bertz CT molecular complexity index is 1330. The van der Waals surface area contributed by atoms with Gasteiger partial charge in [-0.3, -0.25) is 0 Å². The lowest BCUT2D eigenvalue weighted by molar-refractivity contribution is -0.346. The summed E-state index contributed by atoms with van der Waals surface area (Å²) >= 11 is 0. The van der Waals surface area contributed by atoms with Crippen LogP contribution < -0.4 is 0 Å². The zero-order valence-electron chi connectivity index (χ0n) is 29.1. The summed E-state index contributed by atoms with van der Waals surface area (Å²) in [6.45, 7) is 3.57. The monoisotopic (exact) mass is 710 g/mol. The number of hydrogen-bond donors (Lipinski definition) is 6. The van der Waals surface area contributed by atoms with Crippen LogP contribution in [0.2, 0.25) is 0 Å². The molecule has 4 aliphatic carbocycles. The Morgan fingerprint density at radius 1 is 0.960 bits per heavy atom. The van der Waals surface area contributed by atoms with E-state index in [2.05, 4.69) is 6.92 Å². The minimum atomic E-state index is -1.58. The molecule has 50 heavy (non-hydrogen) atoms. The second-order valence-corrected chi connectivity index (χ2v) is 16.3. The van der Waals surface area contributed by atoms with Gasteiger partial charge in [0.2, 0.25) is 0 Å². The molecule has 0 radical (unpaired) electrons. The van der Waals surface area contributed by atoms with E-state index in [0.717, 1.165) is 18.3 Å². The molecular formula is C36H54O14. The van der Waals surface area contributed by atoms with Crippen molar-refractivity contribution in [2.75, 3.05) is 20.3 Å². The first-order valence-corrected chi connectivity index (χ1v) is 18.3. The fourth-order valence-corrected chi connectivity index (χ4v) is 11.5. The molecule has 6 fully saturated rings. The third-order valence-electron chi connectivity index (χ3n) is 14.2. The Balaban J connectivity index is 1.01. The van der Waals surface area contributed by atoms with Crippen molar-refractivity contribution in [2.24, 2.45) is 28.6 Å². The Morgan fingerprint density at radius 2 is 1.72 bits per heavy atom. The molecule has 0 amide bonds. The highest BCUT2D eigenvalue weighted by Gasteiger charge is 2.71. The number of rotatable bonds is 8. The normalized spacial score (nSPS) is 53.5. The predicted molar refractivity (Wildman–Crippen MR) is 171 cm³/mol. The molecule has 14 nitrogen and oxygen atoms in total. The van der Waals surface area contributed by atoms with E-state index >= 15 is 0 Å². The Hall–Kier alpha value is -1.56. The molecule has 0 bridgehead atoms. The van der Waals surface area contributed by atoms with Gasteiger partial charge in [-0.25, -0.2) is 4.79 Å². The molecule has 3 aliphatic heterocycles. The number of aliphatic hydroxyl groups is 6. The third-order valence-corrected chi connectivity index (χ3v) is 14.2. The molecule has 14 heteroatoms. The molecule has 0 aromatic heterocycles. The van der Waals surface area contributed by atoms with Crippen LogP contribution >= 0.6 is 0 Å². The fraction of sp³-hybridized carbons (Fsp3) is 0.889. The second kappa shape index (κ2) is 13.4. The van der Waals surface area contributed by atoms with Crippen molar-refractivity contribution < 1.29 is 68.6 Å². The zero-order valence-corrected chi connectivity index (χ0v) is 29.1. The lowest BCUT2D eigenvalue weighted by Crippen LogP contribution is -2.69. The van der Waals surface area contributed by atoms with E-state index in [1.807, 2.05) is 0 Å². The average Bonchev–Trinajstić information content (AvgIpc) is 3.64. The molecule has 4 saturated carbocycles. The van der Waals surface area contributed by atoms with Crippen LogP contribution in [0.5, 0.6) is 0 Å². The van der Waals surface area contributed by atoms with Gasteiger partial charge in [0.1, 0.15) is 43.4 Å². The van der Waals surface area contributed by atoms with Gasteiger partial charge in [0, 0.05) is 31.4 Å². The van der Waals surface area contributed by atoms with Crippen molar-refractivity contribution in [1.82, 2.24) is 0 Å². The van der Waals surface area contributed by atoms with Crippen LogP contribution in [0.15, 0.2) is 11.6 Å². The van der Waals surface area contributed by atoms with Crippen molar-refractivity contribution in [3.05, 3.63) is 11.6 Å². The SMILES string of the molecule is CO[C@H]1C[C@@H](O[C@H]2CC[C@@]3(C=O)[C@@H]4CC[C@@]5(C)[C@H](C6=CC(=O)OC6)CC[C@]5(O)[C@H]4CC[C@@]3(O)C2)O[C@H](C)[C@@H]1O[C@H]1O[C@@H](CO)[C@H](O)[C@@H](O)[C@@H]1O. The number of carbonyl (C=O) groups excluding carboxylic acids is 2. The molecule has 17 atom stereocenters. The minimum absolute atomic E-state index is 0.0352. The quantitative estimate of drug-likeness (QED) is 0.113. The summed E-state index contributed by atoms with van der Waals surface area (Å²) in [5, 5.41) is 65.3. The number of ether oxygens (including phenoxy) is 6. The van der Waals surface area contributed by atoms with Crippen LogP contribution in [0.1, 0.15) is 78.1 Å². The van der Waals surface area contributed by atoms with Crippen LogP contribution in [0.3, 0.4) is 0 Å². The highest BCUT2D eigenvalue weighted by Crippen LogP contribution is 2.70. The van der Waals surface area contributed by atoms with E-state index in [0.29, 0.717) is 44.9 Å². The largest absolute Gasteiger partial charge is 0.458 e. The molecule has 2 saturated heterocycles. The van der Waals surface area contributed by atoms with Crippen LogP contribution in [-0.2, 0) is 38.0 Å². The van der Waals surface area contributed by atoms with Gasteiger partial charge in [-0.2, -0.15) is 0 Å². The standard InChI is InChI=1S/C36H54O14/c1-18-31(50-32-30(42)29(41)28(40)25(15-37)49-32)24(45-3)13-27(47-18)48-20-4-9-34(17-38)22-5-8-33(2)21(19-12-26(39)46-16-19)7-11-36(33,44)23(22)6-10-35(34,43)14-20/h12,17-18,20-25,27-32,37,40-44H,4-11,13-16H2,1-3H3/t18-,20+,21+,22-,23+,24+,25+,27-,28+,29-,30+,31+,32-,33+,34-,35-,36+/m1/s1. The van der Waals surface area contributed by atoms with Crippen molar-refractivity contribution in [1.29, 1.82) is 0 Å². The first-order valence-electron chi connectivity index (χ1n) is 18.3. The number of methoxy groups -OCH3 is 1. The molecular weight excluding hydrogens is 656 g/mol. The summed E-state index contributed by atoms with van der Waals surface area (Å²) in [7, 11) is 1.51. The van der Waals surface area contributed by atoms with Gasteiger partial charge in [0.05, 0.1) is 41.5 Å². The third kappa shape index (κ3) is 5.55. The number of esters is 1. The van der Waals surface area contributed by atoms with Gasteiger partial charge in [-0.05, 0) is 81.6 Å². The predicted octanol–water partition coefficient (Wildman–Crippen LogP) is 0.258. The summed E-state index contributed by atoms with van der Waals surface area (Å²) in [6.07, 6.45) is -2.52. The molecule has 0 spiro atoms. The van der Waals surface area contributed by atoms with Crippen molar-refractivity contribution >= 4 is 12.3 Å². The van der Waals surface area contributed by atoms with Crippen molar-refractivity contribution in [2.45, 2.75) is 151 Å². The summed E-state index contributed by atoms with van der Waals surface area (Å²) < 4.78 is 35.2.